The molecule has 8 heteroatoms. The van der Waals surface area contributed by atoms with Crippen LogP contribution in [0.15, 0.2) is 94.9 Å². The van der Waals surface area contributed by atoms with Crippen LogP contribution in [0, 0.1) is 0 Å². The van der Waals surface area contributed by atoms with Gasteiger partial charge in [-0.1, -0.05) is 72.4 Å². The lowest BCUT2D eigenvalue weighted by Crippen LogP contribution is -2.32. The molecule has 0 aliphatic heterocycles. The first-order valence-electron chi connectivity index (χ1n) is 11.1. The molecule has 2 aromatic heterocycles. The van der Waals surface area contributed by atoms with Crippen molar-refractivity contribution in [1.29, 1.82) is 0 Å². The number of carbonyl (C=O) groups is 1. The molecule has 2 heterocycles. The highest BCUT2D eigenvalue weighted by Crippen LogP contribution is 2.23. The summed E-state index contributed by atoms with van der Waals surface area (Å²) < 4.78 is 3.51. The summed E-state index contributed by atoms with van der Waals surface area (Å²) in [6.07, 6.45) is 0. The molecule has 7 nitrogen and oxygen atoms in total. The molecule has 0 aliphatic carbocycles. The Morgan fingerprint density at radius 2 is 1.59 bits per heavy atom. The van der Waals surface area contributed by atoms with Gasteiger partial charge in [-0.25, -0.2) is 0 Å². The van der Waals surface area contributed by atoms with Gasteiger partial charge in [0.1, 0.15) is 0 Å². The lowest BCUT2D eigenvalue weighted by Gasteiger charge is -2.20. The van der Waals surface area contributed by atoms with E-state index in [0.717, 1.165) is 16.8 Å². The summed E-state index contributed by atoms with van der Waals surface area (Å²) in [6, 6.07) is 26.8. The molecule has 0 spiro atoms. The van der Waals surface area contributed by atoms with Crippen LogP contribution in [0.25, 0.3) is 16.7 Å². The van der Waals surface area contributed by atoms with Gasteiger partial charge >= 0.3 is 0 Å². The number of aromatic nitrogens is 4. The number of thioether (sulfide) groups is 1. The first kappa shape index (κ1) is 21.9. The number of para-hydroxylation sites is 2. The summed E-state index contributed by atoms with van der Waals surface area (Å²) in [7, 11) is 0. The molecule has 0 saturated carbocycles. The average Bonchev–Trinajstić information content (AvgIpc) is 3.31. The average molecular weight is 470 g/mol. The second kappa shape index (κ2) is 9.52. The number of hydrogen-bond acceptors (Lipinski definition) is 5. The zero-order valence-electron chi connectivity index (χ0n) is 18.7. The van der Waals surface area contributed by atoms with E-state index in [1.54, 1.807) is 9.47 Å². The second-order valence-electron chi connectivity index (χ2n) is 7.77. The van der Waals surface area contributed by atoms with Gasteiger partial charge in [0.25, 0.3) is 5.56 Å². The van der Waals surface area contributed by atoms with E-state index < -0.39 is 0 Å². The summed E-state index contributed by atoms with van der Waals surface area (Å²) in [5.41, 5.74) is 2.47. The molecule has 5 rings (SSSR count). The molecule has 0 atom stereocenters. The standard InChI is InChI=1S/C26H23N5O2S/c1-2-29(20-13-7-4-8-14-20)23(32)18-34-26-28-27-25-30(17-19-11-5-3-6-12-19)24(33)21-15-9-10-16-22(21)31(25)26/h3-16H,2,17-18H2,1H3. The van der Waals surface area contributed by atoms with Crippen LogP contribution in [-0.2, 0) is 11.3 Å². The fraction of sp³-hybridized carbons (Fsp3) is 0.154. The first-order chi connectivity index (χ1) is 16.7. The van der Waals surface area contributed by atoms with Crippen LogP contribution in [0.3, 0.4) is 0 Å². The van der Waals surface area contributed by atoms with Crippen molar-refractivity contribution >= 4 is 40.0 Å². The molecule has 0 saturated heterocycles. The fourth-order valence-corrected chi connectivity index (χ4v) is 4.87. The number of benzene rings is 3. The van der Waals surface area contributed by atoms with Crippen molar-refractivity contribution in [3.63, 3.8) is 0 Å². The Balaban J connectivity index is 1.53. The minimum atomic E-state index is -0.117. The van der Waals surface area contributed by atoms with E-state index in [-0.39, 0.29) is 17.2 Å². The highest BCUT2D eigenvalue weighted by Gasteiger charge is 2.19. The Bertz CT molecular complexity index is 1510. The van der Waals surface area contributed by atoms with Crippen molar-refractivity contribution in [3.8, 4) is 0 Å². The fourth-order valence-electron chi connectivity index (χ4n) is 4.05. The molecule has 1 amide bonds. The monoisotopic (exact) mass is 469 g/mol. The predicted octanol–water partition coefficient (Wildman–Crippen LogP) is 4.24. The van der Waals surface area contributed by atoms with Gasteiger partial charge in [0, 0.05) is 12.2 Å². The van der Waals surface area contributed by atoms with E-state index in [0.29, 0.717) is 29.4 Å². The SMILES string of the molecule is CCN(C(=O)CSc1nnc2n(Cc3ccccc3)c(=O)c3ccccc3n12)c1ccccc1. The van der Waals surface area contributed by atoms with E-state index in [4.69, 9.17) is 0 Å². The number of anilines is 1. The first-order valence-corrected chi connectivity index (χ1v) is 12.0. The number of nitrogens with zero attached hydrogens (tertiary/aromatic N) is 5. The van der Waals surface area contributed by atoms with Crippen LogP contribution >= 0.6 is 11.8 Å². The summed E-state index contributed by atoms with van der Waals surface area (Å²) in [6.45, 7) is 2.91. The zero-order chi connectivity index (χ0) is 23.5. The number of rotatable bonds is 7. The van der Waals surface area contributed by atoms with Gasteiger partial charge in [0.05, 0.1) is 23.2 Å². The Hall–Kier alpha value is -3.91. The largest absolute Gasteiger partial charge is 0.312 e. The molecular weight excluding hydrogens is 446 g/mol. The van der Waals surface area contributed by atoms with Crippen molar-refractivity contribution in [2.24, 2.45) is 0 Å². The summed E-state index contributed by atoms with van der Waals surface area (Å²) in [5, 5.41) is 9.88. The molecule has 0 aliphatic rings. The summed E-state index contributed by atoms with van der Waals surface area (Å²) in [4.78, 5) is 28.1. The van der Waals surface area contributed by atoms with Crippen LogP contribution in [-0.4, -0.2) is 37.4 Å². The molecular formula is C26H23N5O2S. The molecule has 170 valence electrons. The maximum Gasteiger partial charge on any atom is 0.263 e. The maximum absolute atomic E-state index is 13.3. The highest BCUT2D eigenvalue weighted by molar-refractivity contribution is 7.99. The van der Waals surface area contributed by atoms with E-state index in [2.05, 4.69) is 10.2 Å². The van der Waals surface area contributed by atoms with Gasteiger partial charge in [-0.15, -0.1) is 10.2 Å². The van der Waals surface area contributed by atoms with Gasteiger partial charge in [-0.3, -0.25) is 18.6 Å². The number of fused-ring (bicyclic) bond motifs is 3. The zero-order valence-corrected chi connectivity index (χ0v) is 19.5. The third kappa shape index (κ3) is 4.08. The van der Waals surface area contributed by atoms with Crippen LogP contribution < -0.4 is 10.5 Å². The Kier molecular flexibility index (Phi) is 6.14. The van der Waals surface area contributed by atoms with Gasteiger partial charge < -0.3 is 4.90 Å². The number of amides is 1. The lowest BCUT2D eigenvalue weighted by atomic mass is 10.2. The van der Waals surface area contributed by atoms with E-state index in [9.17, 15) is 9.59 Å². The van der Waals surface area contributed by atoms with Crippen LogP contribution in [0.2, 0.25) is 0 Å². The molecule has 0 radical (unpaired) electrons. The lowest BCUT2D eigenvalue weighted by molar-refractivity contribution is -0.116. The minimum absolute atomic E-state index is 0.0163. The number of carbonyl (C=O) groups excluding carboxylic acids is 1. The molecule has 5 aromatic rings. The summed E-state index contributed by atoms with van der Waals surface area (Å²) >= 11 is 1.32. The molecule has 0 N–H and O–H groups in total. The second-order valence-corrected chi connectivity index (χ2v) is 8.72. The van der Waals surface area contributed by atoms with Crippen molar-refractivity contribution in [3.05, 3.63) is 101 Å². The Labute approximate surface area is 200 Å². The van der Waals surface area contributed by atoms with E-state index >= 15 is 0 Å². The van der Waals surface area contributed by atoms with Crippen molar-refractivity contribution in [1.82, 2.24) is 19.2 Å². The van der Waals surface area contributed by atoms with Crippen LogP contribution in [0.5, 0.6) is 0 Å². The van der Waals surface area contributed by atoms with Gasteiger partial charge in [0.2, 0.25) is 11.7 Å². The van der Waals surface area contributed by atoms with Crippen molar-refractivity contribution in [2.45, 2.75) is 18.6 Å². The van der Waals surface area contributed by atoms with Crippen LogP contribution in [0.1, 0.15) is 12.5 Å². The molecule has 0 bridgehead atoms. The van der Waals surface area contributed by atoms with Gasteiger partial charge in [-0.2, -0.15) is 0 Å². The predicted molar refractivity (Wildman–Crippen MR) is 135 cm³/mol. The van der Waals surface area contributed by atoms with Gasteiger partial charge in [-0.05, 0) is 36.8 Å². The highest BCUT2D eigenvalue weighted by atomic mass is 32.2. The topological polar surface area (TPSA) is 72.5 Å². The molecule has 34 heavy (non-hydrogen) atoms. The van der Waals surface area contributed by atoms with Crippen LogP contribution in [0.4, 0.5) is 5.69 Å². The third-order valence-electron chi connectivity index (χ3n) is 5.67. The van der Waals surface area contributed by atoms with E-state index in [1.165, 1.54) is 11.8 Å². The molecule has 0 fully saturated rings. The maximum atomic E-state index is 13.3. The van der Waals surface area contributed by atoms with E-state index in [1.807, 2.05) is 96.3 Å². The molecule has 3 aromatic carbocycles. The molecule has 0 unspecified atom stereocenters. The third-order valence-corrected chi connectivity index (χ3v) is 6.59. The Morgan fingerprint density at radius 3 is 2.32 bits per heavy atom. The van der Waals surface area contributed by atoms with Gasteiger partial charge in [0.15, 0.2) is 5.16 Å². The van der Waals surface area contributed by atoms with Crippen molar-refractivity contribution in [2.75, 3.05) is 17.2 Å². The minimum Gasteiger partial charge on any atom is -0.312 e. The Morgan fingerprint density at radius 1 is 0.912 bits per heavy atom. The normalized spacial score (nSPS) is 11.2. The smallest absolute Gasteiger partial charge is 0.263 e. The van der Waals surface area contributed by atoms with Crippen molar-refractivity contribution < 1.29 is 4.79 Å². The number of hydrogen-bond donors (Lipinski definition) is 0. The quantitative estimate of drug-likeness (QED) is 0.334. The summed E-state index contributed by atoms with van der Waals surface area (Å²) in [5.74, 6) is 0.644.